The van der Waals surface area contributed by atoms with Crippen LogP contribution in [0.15, 0.2) is 51.8 Å². The molecule has 2 aromatic rings. The number of sulfonamides is 1. The fourth-order valence-electron chi connectivity index (χ4n) is 1.59. The minimum absolute atomic E-state index is 0.101. The normalized spacial score (nSPS) is 11.3. The highest BCUT2D eigenvalue weighted by Crippen LogP contribution is 2.28. The standard InChI is InChI=1S/C13H12BrNO3S/c1-9-6-7-11(12(16)8-9)15-19(17,18)13-5-3-2-4-10(13)14/h2-8,15-16H,1H3. The van der Waals surface area contributed by atoms with Crippen molar-refractivity contribution in [3.63, 3.8) is 0 Å². The van der Waals surface area contributed by atoms with Crippen molar-refractivity contribution >= 4 is 31.6 Å². The van der Waals surface area contributed by atoms with Gasteiger partial charge < -0.3 is 5.11 Å². The number of halogens is 1. The van der Waals surface area contributed by atoms with Gasteiger partial charge in [0.05, 0.1) is 5.69 Å². The molecule has 0 heterocycles. The van der Waals surface area contributed by atoms with E-state index in [0.29, 0.717) is 4.47 Å². The van der Waals surface area contributed by atoms with Crippen molar-refractivity contribution < 1.29 is 13.5 Å². The fourth-order valence-corrected chi connectivity index (χ4v) is 3.67. The second kappa shape index (κ2) is 5.22. The molecule has 0 unspecified atom stereocenters. The molecule has 0 bridgehead atoms. The van der Waals surface area contributed by atoms with E-state index in [4.69, 9.17) is 0 Å². The number of hydrogen-bond donors (Lipinski definition) is 2. The van der Waals surface area contributed by atoms with Gasteiger partial charge in [0.2, 0.25) is 0 Å². The number of rotatable bonds is 3. The molecule has 6 heteroatoms. The van der Waals surface area contributed by atoms with Crippen LogP contribution in [0.25, 0.3) is 0 Å². The lowest BCUT2D eigenvalue weighted by Crippen LogP contribution is -2.13. The van der Waals surface area contributed by atoms with E-state index in [1.54, 1.807) is 24.3 Å². The maximum Gasteiger partial charge on any atom is 0.263 e. The highest BCUT2D eigenvalue weighted by Gasteiger charge is 2.18. The predicted molar refractivity (Wildman–Crippen MR) is 77.8 cm³/mol. The van der Waals surface area contributed by atoms with E-state index in [9.17, 15) is 13.5 Å². The molecule has 0 atom stereocenters. The molecular weight excluding hydrogens is 330 g/mol. The van der Waals surface area contributed by atoms with Crippen molar-refractivity contribution in [3.8, 4) is 5.75 Å². The Hall–Kier alpha value is -1.53. The zero-order valence-electron chi connectivity index (χ0n) is 10.1. The molecule has 0 saturated heterocycles. The Bertz CT molecular complexity index is 714. The Morgan fingerprint density at radius 2 is 1.84 bits per heavy atom. The van der Waals surface area contributed by atoms with Gasteiger partial charge in [-0.3, -0.25) is 4.72 Å². The van der Waals surface area contributed by atoms with E-state index in [-0.39, 0.29) is 16.3 Å². The molecule has 0 spiro atoms. The lowest BCUT2D eigenvalue weighted by molar-refractivity contribution is 0.477. The zero-order valence-corrected chi connectivity index (χ0v) is 12.5. The quantitative estimate of drug-likeness (QED) is 0.842. The van der Waals surface area contributed by atoms with Gasteiger partial charge >= 0.3 is 0 Å². The van der Waals surface area contributed by atoms with E-state index in [2.05, 4.69) is 20.7 Å². The molecule has 0 aliphatic rings. The third kappa shape index (κ3) is 3.08. The zero-order chi connectivity index (χ0) is 14.0. The summed E-state index contributed by atoms with van der Waals surface area (Å²) in [6.07, 6.45) is 0. The summed E-state index contributed by atoms with van der Waals surface area (Å²) in [6, 6.07) is 11.2. The summed E-state index contributed by atoms with van der Waals surface area (Å²) in [5.41, 5.74) is 1.00. The van der Waals surface area contributed by atoms with E-state index in [1.807, 2.05) is 6.92 Å². The van der Waals surface area contributed by atoms with Crippen LogP contribution in [0, 0.1) is 6.92 Å². The van der Waals surface area contributed by atoms with E-state index in [0.717, 1.165) is 5.56 Å². The van der Waals surface area contributed by atoms with Crippen LogP contribution < -0.4 is 4.72 Å². The second-order valence-electron chi connectivity index (χ2n) is 4.06. The van der Waals surface area contributed by atoms with Crippen molar-refractivity contribution in [2.75, 3.05) is 4.72 Å². The van der Waals surface area contributed by atoms with E-state index >= 15 is 0 Å². The van der Waals surface area contributed by atoms with Gasteiger partial charge in [-0.2, -0.15) is 0 Å². The average Bonchev–Trinajstić information content (AvgIpc) is 2.33. The van der Waals surface area contributed by atoms with Crippen LogP contribution in [0.3, 0.4) is 0 Å². The van der Waals surface area contributed by atoms with Crippen molar-refractivity contribution in [3.05, 3.63) is 52.5 Å². The highest BCUT2D eigenvalue weighted by molar-refractivity contribution is 9.10. The van der Waals surface area contributed by atoms with Gasteiger partial charge in [-0.05, 0) is 52.7 Å². The summed E-state index contributed by atoms with van der Waals surface area (Å²) in [4.78, 5) is 0.120. The number of aromatic hydroxyl groups is 1. The molecule has 19 heavy (non-hydrogen) atoms. The molecular formula is C13H12BrNO3S. The van der Waals surface area contributed by atoms with Gasteiger partial charge in [0, 0.05) is 4.47 Å². The van der Waals surface area contributed by atoms with Crippen molar-refractivity contribution in [1.29, 1.82) is 0 Å². The van der Waals surface area contributed by atoms with Crippen LogP contribution in [0.4, 0.5) is 5.69 Å². The highest BCUT2D eigenvalue weighted by atomic mass is 79.9. The molecule has 0 fully saturated rings. The third-order valence-electron chi connectivity index (χ3n) is 2.52. The Kier molecular flexibility index (Phi) is 3.82. The fraction of sp³-hybridized carbons (Fsp3) is 0.0769. The molecule has 0 radical (unpaired) electrons. The monoisotopic (exact) mass is 341 g/mol. The molecule has 2 rings (SSSR count). The summed E-state index contributed by atoms with van der Waals surface area (Å²) in [6.45, 7) is 1.81. The van der Waals surface area contributed by atoms with Crippen LogP contribution in [0.2, 0.25) is 0 Å². The average molecular weight is 342 g/mol. The second-order valence-corrected chi connectivity index (χ2v) is 6.56. The number of anilines is 1. The Labute approximate surface area is 120 Å². The van der Waals surface area contributed by atoms with Crippen LogP contribution in [0.1, 0.15) is 5.56 Å². The first-order valence-electron chi connectivity index (χ1n) is 5.47. The van der Waals surface area contributed by atoms with Gasteiger partial charge in [-0.1, -0.05) is 18.2 Å². The predicted octanol–water partition coefficient (Wildman–Crippen LogP) is 3.26. The van der Waals surface area contributed by atoms with E-state index < -0.39 is 10.0 Å². The molecule has 100 valence electrons. The lowest BCUT2D eigenvalue weighted by Gasteiger charge is -2.11. The molecule has 0 aliphatic heterocycles. The number of phenolic OH excluding ortho intramolecular Hbond substituents is 1. The Morgan fingerprint density at radius 3 is 2.47 bits per heavy atom. The summed E-state index contributed by atoms with van der Waals surface area (Å²) in [5, 5.41) is 9.73. The first kappa shape index (κ1) is 13.9. The van der Waals surface area contributed by atoms with Crippen molar-refractivity contribution in [2.24, 2.45) is 0 Å². The van der Waals surface area contributed by atoms with Crippen LogP contribution in [-0.2, 0) is 10.0 Å². The number of phenols is 1. The Morgan fingerprint density at radius 1 is 1.16 bits per heavy atom. The number of hydrogen-bond acceptors (Lipinski definition) is 3. The molecule has 4 nitrogen and oxygen atoms in total. The van der Waals surface area contributed by atoms with Crippen LogP contribution >= 0.6 is 15.9 Å². The molecule has 0 amide bonds. The molecule has 2 aromatic carbocycles. The maximum absolute atomic E-state index is 12.2. The van der Waals surface area contributed by atoms with Gasteiger partial charge in [-0.15, -0.1) is 0 Å². The third-order valence-corrected chi connectivity index (χ3v) is 4.90. The van der Waals surface area contributed by atoms with E-state index in [1.165, 1.54) is 18.2 Å². The topological polar surface area (TPSA) is 66.4 Å². The first-order valence-corrected chi connectivity index (χ1v) is 7.75. The van der Waals surface area contributed by atoms with Gasteiger partial charge in [0.1, 0.15) is 10.6 Å². The van der Waals surface area contributed by atoms with Gasteiger partial charge in [0.25, 0.3) is 10.0 Å². The number of nitrogens with one attached hydrogen (secondary N) is 1. The smallest absolute Gasteiger partial charge is 0.263 e. The minimum atomic E-state index is -3.74. The van der Waals surface area contributed by atoms with Crippen LogP contribution in [-0.4, -0.2) is 13.5 Å². The van der Waals surface area contributed by atoms with Gasteiger partial charge in [-0.25, -0.2) is 8.42 Å². The largest absolute Gasteiger partial charge is 0.506 e. The molecule has 0 aliphatic carbocycles. The van der Waals surface area contributed by atoms with Crippen LogP contribution in [0.5, 0.6) is 5.75 Å². The Balaban J connectivity index is 2.40. The summed E-state index contributed by atoms with van der Waals surface area (Å²) in [7, 11) is -3.74. The first-order chi connectivity index (χ1) is 8.90. The molecule has 0 saturated carbocycles. The molecule has 0 aromatic heterocycles. The van der Waals surface area contributed by atoms with Gasteiger partial charge in [0.15, 0.2) is 0 Å². The maximum atomic E-state index is 12.2. The van der Waals surface area contributed by atoms with Crippen molar-refractivity contribution in [2.45, 2.75) is 11.8 Å². The molecule has 2 N–H and O–H groups in total. The lowest BCUT2D eigenvalue weighted by atomic mass is 10.2. The number of benzene rings is 2. The summed E-state index contributed by atoms with van der Waals surface area (Å²) >= 11 is 3.19. The van der Waals surface area contributed by atoms with Crippen molar-refractivity contribution in [1.82, 2.24) is 0 Å². The summed E-state index contributed by atoms with van der Waals surface area (Å²) < 4.78 is 27.2. The summed E-state index contributed by atoms with van der Waals surface area (Å²) in [5.74, 6) is -0.101. The minimum Gasteiger partial charge on any atom is -0.506 e. The SMILES string of the molecule is Cc1ccc(NS(=O)(=O)c2ccccc2Br)c(O)c1. The number of aryl methyl sites for hydroxylation is 1.